The lowest BCUT2D eigenvalue weighted by Gasteiger charge is -2.05. The highest BCUT2D eigenvalue weighted by Crippen LogP contribution is 2.14. The van der Waals surface area contributed by atoms with Crippen molar-refractivity contribution >= 4 is 0 Å². The second-order valence-corrected chi connectivity index (χ2v) is 3.32. The van der Waals surface area contributed by atoms with Gasteiger partial charge >= 0.3 is 0 Å². The quantitative estimate of drug-likeness (QED) is 0.725. The van der Waals surface area contributed by atoms with Gasteiger partial charge in [-0.15, -0.1) is 6.42 Å². The van der Waals surface area contributed by atoms with E-state index < -0.39 is 0 Å². The lowest BCUT2D eigenvalue weighted by molar-refractivity contribution is 0.305. The van der Waals surface area contributed by atoms with Gasteiger partial charge in [-0.25, -0.2) is 0 Å². The minimum Gasteiger partial charge on any atom is -0.489 e. The summed E-state index contributed by atoms with van der Waals surface area (Å²) in [5, 5.41) is 0. The van der Waals surface area contributed by atoms with E-state index in [4.69, 9.17) is 11.2 Å². The van der Waals surface area contributed by atoms with Gasteiger partial charge in [0.05, 0.1) is 0 Å². The Morgan fingerprint density at radius 3 is 2.94 bits per heavy atom. The van der Waals surface area contributed by atoms with Gasteiger partial charge in [0.1, 0.15) is 12.4 Å². The van der Waals surface area contributed by atoms with Crippen molar-refractivity contribution in [1.29, 1.82) is 0 Å². The summed E-state index contributed by atoms with van der Waals surface area (Å²) in [4.78, 5) is 4.02. The van der Waals surface area contributed by atoms with E-state index in [2.05, 4.69) is 10.9 Å². The second-order valence-electron chi connectivity index (χ2n) is 3.32. The lowest BCUT2D eigenvalue weighted by Crippen LogP contribution is -1.95. The summed E-state index contributed by atoms with van der Waals surface area (Å²) in [6.07, 6.45) is 8.83. The molecule has 0 atom stereocenters. The molecule has 0 saturated heterocycles. The smallest absolute Gasteiger partial charge is 0.121 e. The molecule has 0 saturated carbocycles. The number of nitrogens with zero attached hydrogens (tertiary/aromatic N) is 1. The minimum absolute atomic E-state index is 0.502. The number of pyridine rings is 1. The maximum Gasteiger partial charge on any atom is 0.121 e. The lowest BCUT2D eigenvalue weighted by atomic mass is 10.2. The molecule has 2 aromatic rings. The first-order valence-electron chi connectivity index (χ1n) is 4.97. The van der Waals surface area contributed by atoms with Gasteiger partial charge < -0.3 is 4.74 Å². The zero-order chi connectivity index (χ0) is 11.2. The molecule has 0 N–H and O–H groups in total. The summed E-state index contributed by atoms with van der Waals surface area (Å²) in [7, 11) is 0. The molecule has 0 unspecified atom stereocenters. The molecule has 2 heteroatoms. The van der Waals surface area contributed by atoms with E-state index in [1.807, 2.05) is 36.4 Å². The molecule has 0 radical (unpaired) electrons. The largest absolute Gasteiger partial charge is 0.489 e. The Morgan fingerprint density at radius 2 is 2.19 bits per heavy atom. The van der Waals surface area contributed by atoms with Crippen LogP contribution in [0.25, 0.3) is 0 Å². The molecule has 0 aliphatic heterocycles. The van der Waals surface area contributed by atoms with Crippen molar-refractivity contribution in [2.75, 3.05) is 0 Å². The van der Waals surface area contributed by atoms with Crippen LogP contribution in [-0.2, 0) is 6.61 Å². The summed E-state index contributed by atoms with van der Waals surface area (Å²) in [6.45, 7) is 0.502. The standard InChI is InChI=1S/C14H11NO/c1-2-12-5-3-7-14(9-12)16-11-13-6-4-8-15-10-13/h1,3-10H,11H2. The Balaban J connectivity index is 2.03. The van der Waals surface area contributed by atoms with Crippen LogP contribution in [0.1, 0.15) is 11.1 Å². The molecule has 0 bridgehead atoms. The van der Waals surface area contributed by atoms with Crippen molar-refractivity contribution in [3.63, 3.8) is 0 Å². The van der Waals surface area contributed by atoms with E-state index >= 15 is 0 Å². The number of benzene rings is 1. The first-order valence-corrected chi connectivity index (χ1v) is 4.97. The summed E-state index contributed by atoms with van der Waals surface area (Å²) in [5.74, 6) is 3.35. The Labute approximate surface area is 94.9 Å². The highest BCUT2D eigenvalue weighted by atomic mass is 16.5. The molecule has 0 aliphatic carbocycles. The van der Waals surface area contributed by atoms with Crippen LogP contribution < -0.4 is 4.74 Å². The molecule has 0 aliphatic rings. The van der Waals surface area contributed by atoms with E-state index in [9.17, 15) is 0 Å². The van der Waals surface area contributed by atoms with Crippen LogP contribution >= 0.6 is 0 Å². The molecule has 1 heterocycles. The second kappa shape index (κ2) is 4.99. The first-order chi connectivity index (χ1) is 7.88. The average molecular weight is 209 g/mol. The molecule has 78 valence electrons. The summed E-state index contributed by atoms with van der Waals surface area (Å²) in [5.41, 5.74) is 1.86. The number of ether oxygens (including phenoxy) is 1. The van der Waals surface area contributed by atoms with E-state index in [0.717, 1.165) is 16.9 Å². The van der Waals surface area contributed by atoms with E-state index in [-0.39, 0.29) is 0 Å². The van der Waals surface area contributed by atoms with Crippen LogP contribution in [0, 0.1) is 12.3 Å². The van der Waals surface area contributed by atoms with Crippen molar-refractivity contribution in [3.8, 4) is 18.1 Å². The SMILES string of the molecule is C#Cc1cccc(OCc2cccnc2)c1. The number of terminal acetylenes is 1. The van der Waals surface area contributed by atoms with Gasteiger partial charge in [0.25, 0.3) is 0 Å². The van der Waals surface area contributed by atoms with Crippen LogP contribution in [0.15, 0.2) is 48.8 Å². The van der Waals surface area contributed by atoms with Crippen molar-refractivity contribution < 1.29 is 4.74 Å². The molecule has 1 aromatic heterocycles. The molecule has 0 amide bonds. The Kier molecular flexibility index (Phi) is 3.20. The summed E-state index contributed by atoms with van der Waals surface area (Å²) < 4.78 is 5.60. The molecule has 1 aromatic carbocycles. The zero-order valence-electron chi connectivity index (χ0n) is 8.76. The number of aromatic nitrogens is 1. The number of hydrogen-bond acceptors (Lipinski definition) is 2. The normalized spacial score (nSPS) is 9.44. The molecular weight excluding hydrogens is 198 g/mol. The zero-order valence-corrected chi connectivity index (χ0v) is 8.76. The fourth-order valence-electron chi connectivity index (χ4n) is 1.33. The van der Waals surface area contributed by atoms with E-state index in [1.165, 1.54) is 0 Å². The van der Waals surface area contributed by atoms with Crippen LogP contribution in [-0.4, -0.2) is 4.98 Å². The van der Waals surface area contributed by atoms with Gasteiger partial charge in [-0.2, -0.15) is 0 Å². The third-order valence-corrected chi connectivity index (χ3v) is 2.13. The number of hydrogen-bond donors (Lipinski definition) is 0. The summed E-state index contributed by atoms with van der Waals surface area (Å²) in [6, 6.07) is 11.3. The Bertz CT molecular complexity index is 500. The highest BCUT2D eigenvalue weighted by Gasteiger charge is 1.96. The molecular formula is C14H11NO. The summed E-state index contributed by atoms with van der Waals surface area (Å²) >= 11 is 0. The van der Waals surface area contributed by atoms with E-state index in [0.29, 0.717) is 6.61 Å². The van der Waals surface area contributed by atoms with Gasteiger partial charge in [0, 0.05) is 23.5 Å². The first kappa shape index (κ1) is 10.3. The number of rotatable bonds is 3. The van der Waals surface area contributed by atoms with Gasteiger partial charge in [-0.3, -0.25) is 4.98 Å². The minimum atomic E-state index is 0.502. The highest BCUT2D eigenvalue weighted by molar-refractivity contribution is 5.38. The van der Waals surface area contributed by atoms with Crippen LogP contribution in [0.3, 0.4) is 0 Å². The third-order valence-electron chi connectivity index (χ3n) is 2.13. The van der Waals surface area contributed by atoms with E-state index in [1.54, 1.807) is 12.4 Å². The molecule has 2 rings (SSSR count). The fourth-order valence-corrected chi connectivity index (χ4v) is 1.33. The average Bonchev–Trinajstić information content (AvgIpc) is 2.38. The van der Waals surface area contributed by atoms with Crippen LogP contribution in [0.2, 0.25) is 0 Å². The van der Waals surface area contributed by atoms with Crippen LogP contribution in [0.4, 0.5) is 0 Å². The van der Waals surface area contributed by atoms with Crippen molar-refractivity contribution in [3.05, 3.63) is 59.9 Å². The predicted octanol–water partition coefficient (Wildman–Crippen LogP) is 2.64. The molecule has 0 fully saturated rings. The van der Waals surface area contributed by atoms with Crippen molar-refractivity contribution in [2.45, 2.75) is 6.61 Å². The molecule has 16 heavy (non-hydrogen) atoms. The van der Waals surface area contributed by atoms with Gasteiger partial charge in [-0.1, -0.05) is 18.1 Å². The van der Waals surface area contributed by atoms with Crippen molar-refractivity contribution in [2.24, 2.45) is 0 Å². The van der Waals surface area contributed by atoms with Gasteiger partial charge in [0.15, 0.2) is 0 Å². The molecule has 0 spiro atoms. The Morgan fingerprint density at radius 1 is 1.25 bits per heavy atom. The fraction of sp³-hybridized carbons (Fsp3) is 0.0714. The van der Waals surface area contributed by atoms with Gasteiger partial charge in [0.2, 0.25) is 0 Å². The van der Waals surface area contributed by atoms with Crippen LogP contribution in [0.5, 0.6) is 5.75 Å². The van der Waals surface area contributed by atoms with Crippen molar-refractivity contribution in [1.82, 2.24) is 4.98 Å². The maximum absolute atomic E-state index is 5.60. The topological polar surface area (TPSA) is 22.1 Å². The maximum atomic E-state index is 5.60. The Hall–Kier alpha value is -2.27. The predicted molar refractivity (Wildman–Crippen MR) is 62.9 cm³/mol. The molecule has 2 nitrogen and oxygen atoms in total. The van der Waals surface area contributed by atoms with Gasteiger partial charge in [-0.05, 0) is 24.3 Å². The monoisotopic (exact) mass is 209 g/mol. The third kappa shape index (κ3) is 2.61.